The molecule has 1 aliphatic carbocycles. The van der Waals surface area contributed by atoms with Crippen molar-refractivity contribution in [2.75, 3.05) is 0 Å². The van der Waals surface area contributed by atoms with Crippen LogP contribution in [0.4, 0.5) is 0 Å². The van der Waals surface area contributed by atoms with E-state index < -0.39 is 0 Å². The van der Waals surface area contributed by atoms with Gasteiger partial charge in [-0.1, -0.05) is 25.8 Å². The van der Waals surface area contributed by atoms with Gasteiger partial charge < -0.3 is 9.88 Å². The number of hydrogen-bond donors (Lipinski definition) is 1. The van der Waals surface area contributed by atoms with Crippen LogP contribution < -0.4 is 5.32 Å². The lowest BCUT2D eigenvalue weighted by molar-refractivity contribution is 0.364. The van der Waals surface area contributed by atoms with Gasteiger partial charge in [-0.3, -0.25) is 0 Å². The third kappa shape index (κ3) is 3.55. The summed E-state index contributed by atoms with van der Waals surface area (Å²) in [6.07, 6.45) is 10.7. The Morgan fingerprint density at radius 1 is 1.43 bits per heavy atom. The summed E-state index contributed by atoms with van der Waals surface area (Å²) in [5.41, 5.74) is 0. The molecule has 1 saturated carbocycles. The van der Waals surface area contributed by atoms with Gasteiger partial charge in [-0.15, -0.1) is 11.3 Å². The molecule has 1 aliphatic rings. The summed E-state index contributed by atoms with van der Waals surface area (Å²) in [6.45, 7) is 4.14. The predicted octanol–water partition coefficient (Wildman–Crippen LogP) is 4.38. The quantitative estimate of drug-likeness (QED) is 0.823. The fourth-order valence-corrected chi connectivity index (χ4v) is 4.31. The van der Waals surface area contributed by atoms with E-state index in [0.717, 1.165) is 31.3 Å². The van der Waals surface area contributed by atoms with Crippen LogP contribution in [0.3, 0.4) is 0 Å². The van der Waals surface area contributed by atoms with Crippen LogP contribution >= 0.6 is 11.3 Å². The van der Waals surface area contributed by atoms with Crippen molar-refractivity contribution in [1.29, 1.82) is 0 Å². The molecule has 2 heterocycles. The second kappa shape index (κ2) is 7.23. The molecule has 0 amide bonds. The highest BCUT2D eigenvalue weighted by molar-refractivity contribution is 7.10. The monoisotopic (exact) mass is 303 g/mol. The molecule has 3 nitrogen and oxygen atoms in total. The first kappa shape index (κ1) is 14.8. The lowest BCUT2D eigenvalue weighted by Gasteiger charge is -2.24. The number of nitrogens with one attached hydrogen (secondary N) is 1. The Kier molecular flexibility index (Phi) is 5.09. The predicted molar refractivity (Wildman–Crippen MR) is 88.4 cm³/mol. The smallest absolute Gasteiger partial charge is 0.122 e. The molecule has 0 bridgehead atoms. The summed E-state index contributed by atoms with van der Waals surface area (Å²) in [7, 11) is 0. The molecule has 2 aromatic heterocycles. The minimum Gasteiger partial charge on any atom is -0.334 e. The summed E-state index contributed by atoms with van der Waals surface area (Å²) in [5.74, 6) is 1.95. The standard InChI is InChI=1S/C17H25N3S/c1-2-10-20-11-9-18-16(20)13-19-17(14-6-3-4-7-14)15-8-5-12-21-15/h5,8-9,11-12,14,17,19H,2-4,6-7,10,13H2,1H3. The van der Waals surface area contributed by atoms with Crippen molar-refractivity contribution in [3.63, 3.8) is 0 Å². The van der Waals surface area contributed by atoms with Crippen LogP contribution in [0.15, 0.2) is 29.9 Å². The zero-order valence-corrected chi connectivity index (χ0v) is 13.6. The number of nitrogens with zero attached hydrogens (tertiary/aromatic N) is 2. The van der Waals surface area contributed by atoms with Gasteiger partial charge >= 0.3 is 0 Å². The molecule has 21 heavy (non-hydrogen) atoms. The van der Waals surface area contributed by atoms with Crippen LogP contribution in [0.1, 0.15) is 55.8 Å². The van der Waals surface area contributed by atoms with Gasteiger partial charge in [0.25, 0.3) is 0 Å². The molecule has 1 fully saturated rings. The third-order valence-electron chi connectivity index (χ3n) is 4.47. The SMILES string of the molecule is CCCn1ccnc1CNC(c1cccs1)C1CCCC1. The number of imidazole rings is 1. The van der Waals surface area contributed by atoms with E-state index in [0.29, 0.717) is 6.04 Å². The van der Waals surface area contributed by atoms with E-state index in [2.05, 4.69) is 45.5 Å². The second-order valence-electron chi connectivity index (χ2n) is 5.96. The van der Waals surface area contributed by atoms with Gasteiger partial charge in [0.1, 0.15) is 5.82 Å². The summed E-state index contributed by atoms with van der Waals surface area (Å²) in [4.78, 5) is 6.00. The van der Waals surface area contributed by atoms with E-state index in [1.54, 1.807) is 0 Å². The minimum absolute atomic E-state index is 0.499. The molecule has 3 rings (SSSR count). The summed E-state index contributed by atoms with van der Waals surface area (Å²) in [6, 6.07) is 4.94. The van der Waals surface area contributed by atoms with E-state index in [-0.39, 0.29) is 0 Å². The van der Waals surface area contributed by atoms with Gasteiger partial charge in [0.15, 0.2) is 0 Å². The molecule has 0 aliphatic heterocycles. The Labute approximate surface area is 131 Å². The number of aromatic nitrogens is 2. The second-order valence-corrected chi connectivity index (χ2v) is 6.93. The highest BCUT2D eigenvalue weighted by Gasteiger charge is 2.26. The van der Waals surface area contributed by atoms with Gasteiger partial charge in [0, 0.05) is 29.9 Å². The number of aryl methyl sites for hydroxylation is 1. The summed E-state index contributed by atoms with van der Waals surface area (Å²) in [5, 5.41) is 5.98. The average Bonchev–Trinajstić information content (AvgIpc) is 3.22. The van der Waals surface area contributed by atoms with Crippen LogP contribution in [0.5, 0.6) is 0 Å². The lowest BCUT2D eigenvalue weighted by Crippen LogP contribution is -2.27. The number of hydrogen-bond acceptors (Lipinski definition) is 3. The van der Waals surface area contributed by atoms with E-state index in [9.17, 15) is 0 Å². The first-order valence-corrected chi connectivity index (χ1v) is 9.03. The average molecular weight is 303 g/mol. The van der Waals surface area contributed by atoms with Gasteiger partial charge in [0.05, 0.1) is 6.54 Å². The molecule has 0 aromatic carbocycles. The van der Waals surface area contributed by atoms with Crippen LogP contribution in [0.2, 0.25) is 0 Å². The Morgan fingerprint density at radius 3 is 3.00 bits per heavy atom. The van der Waals surface area contributed by atoms with Crippen LogP contribution in [-0.4, -0.2) is 9.55 Å². The molecule has 0 radical (unpaired) electrons. The Morgan fingerprint density at radius 2 is 2.29 bits per heavy atom. The number of thiophene rings is 1. The van der Waals surface area contributed by atoms with Gasteiger partial charge in [-0.05, 0) is 36.6 Å². The van der Waals surface area contributed by atoms with Crippen LogP contribution in [0.25, 0.3) is 0 Å². The van der Waals surface area contributed by atoms with Crippen molar-refractivity contribution >= 4 is 11.3 Å². The molecule has 2 aromatic rings. The van der Waals surface area contributed by atoms with Crippen molar-refractivity contribution in [1.82, 2.24) is 14.9 Å². The zero-order chi connectivity index (χ0) is 14.5. The van der Waals surface area contributed by atoms with Crippen molar-refractivity contribution in [3.8, 4) is 0 Å². The Bertz CT molecular complexity index is 526. The Balaban J connectivity index is 1.68. The van der Waals surface area contributed by atoms with Crippen LogP contribution in [0, 0.1) is 5.92 Å². The fourth-order valence-electron chi connectivity index (χ4n) is 3.41. The largest absolute Gasteiger partial charge is 0.334 e. The molecule has 114 valence electrons. The normalized spacial score (nSPS) is 17.4. The van der Waals surface area contributed by atoms with Crippen molar-refractivity contribution < 1.29 is 0 Å². The lowest BCUT2D eigenvalue weighted by atomic mass is 9.96. The van der Waals surface area contributed by atoms with E-state index >= 15 is 0 Å². The molecule has 1 N–H and O–H groups in total. The van der Waals surface area contributed by atoms with Gasteiger partial charge in [-0.25, -0.2) is 4.98 Å². The molecular weight excluding hydrogens is 278 g/mol. The van der Waals surface area contributed by atoms with Crippen molar-refractivity contribution in [2.24, 2.45) is 5.92 Å². The van der Waals surface area contributed by atoms with Gasteiger partial charge in [0.2, 0.25) is 0 Å². The van der Waals surface area contributed by atoms with E-state index in [1.165, 1.54) is 30.6 Å². The topological polar surface area (TPSA) is 29.9 Å². The molecular formula is C17H25N3S. The van der Waals surface area contributed by atoms with E-state index in [4.69, 9.17) is 0 Å². The zero-order valence-electron chi connectivity index (χ0n) is 12.8. The third-order valence-corrected chi connectivity index (χ3v) is 5.42. The van der Waals surface area contributed by atoms with Gasteiger partial charge in [-0.2, -0.15) is 0 Å². The maximum atomic E-state index is 4.52. The molecule has 0 saturated heterocycles. The first-order chi connectivity index (χ1) is 10.4. The minimum atomic E-state index is 0.499. The number of rotatable bonds is 7. The first-order valence-electron chi connectivity index (χ1n) is 8.15. The molecule has 1 unspecified atom stereocenters. The van der Waals surface area contributed by atoms with E-state index in [1.807, 2.05) is 17.5 Å². The summed E-state index contributed by atoms with van der Waals surface area (Å²) >= 11 is 1.88. The maximum Gasteiger partial charge on any atom is 0.122 e. The summed E-state index contributed by atoms with van der Waals surface area (Å²) < 4.78 is 2.27. The van der Waals surface area contributed by atoms with Crippen molar-refractivity contribution in [3.05, 3.63) is 40.6 Å². The highest BCUT2D eigenvalue weighted by Crippen LogP contribution is 2.37. The van der Waals surface area contributed by atoms with Crippen LogP contribution in [-0.2, 0) is 13.1 Å². The molecule has 0 spiro atoms. The Hall–Kier alpha value is -1.13. The molecule has 1 atom stereocenters. The maximum absolute atomic E-state index is 4.52. The fraction of sp³-hybridized carbons (Fsp3) is 0.588. The highest BCUT2D eigenvalue weighted by atomic mass is 32.1. The molecule has 4 heteroatoms. The van der Waals surface area contributed by atoms with Crippen molar-refractivity contribution in [2.45, 2.75) is 58.2 Å².